The highest BCUT2D eigenvalue weighted by atomic mass is 15.2. The molecule has 1 atom stereocenters. The van der Waals surface area contributed by atoms with Crippen LogP contribution in [-0.2, 0) is 12.8 Å². The van der Waals surface area contributed by atoms with Gasteiger partial charge in [0.05, 0.1) is 0 Å². The SMILES string of the molecule is CCCN1CCCC[C@H]1CCN(c1ccccc1)C1Cc2ccccc2C1. The van der Waals surface area contributed by atoms with E-state index in [4.69, 9.17) is 0 Å². The summed E-state index contributed by atoms with van der Waals surface area (Å²) in [6, 6.07) is 21.5. The van der Waals surface area contributed by atoms with Gasteiger partial charge >= 0.3 is 0 Å². The van der Waals surface area contributed by atoms with Gasteiger partial charge in [0.2, 0.25) is 0 Å². The molecule has 1 fully saturated rings. The summed E-state index contributed by atoms with van der Waals surface area (Å²) < 4.78 is 0. The molecule has 2 aromatic rings. The Labute approximate surface area is 165 Å². The predicted octanol–water partition coefficient (Wildman–Crippen LogP) is 5.32. The van der Waals surface area contributed by atoms with E-state index in [-0.39, 0.29) is 0 Å². The second-order valence-electron chi connectivity index (χ2n) is 8.33. The van der Waals surface area contributed by atoms with Crippen LogP contribution in [0.4, 0.5) is 5.69 Å². The minimum atomic E-state index is 0.605. The van der Waals surface area contributed by atoms with Gasteiger partial charge in [-0.2, -0.15) is 0 Å². The molecular weight excluding hydrogens is 328 g/mol. The molecule has 0 N–H and O–H groups in total. The lowest BCUT2D eigenvalue weighted by Gasteiger charge is -2.38. The summed E-state index contributed by atoms with van der Waals surface area (Å²) in [6.45, 7) is 6.06. The van der Waals surface area contributed by atoms with Gasteiger partial charge in [0.25, 0.3) is 0 Å². The number of para-hydroxylation sites is 1. The summed E-state index contributed by atoms with van der Waals surface area (Å²) in [4.78, 5) is 5.47. The molecule has 1 saturated heterocycles. The molecule has 144 valence electrons. The number of piperidine rings is 1. The van der Waals surface area contributed by atoms with E-state index in [9.17, 15) is 0 Å². The number of likely N-dealkylation sites (tertiary alicyclic amines) is 1. The maximum atomic E-state index is 2.76. The van der Waals surface area contributed by atoms with Crippen molar-refractivity contribution in [3.05, 3.63) is 65.7 Å². The molecule has 0 radical (unpaired) electrons. The van der Waals surface area contributed by atoms with E-state index in [1.165, 1.54) is 70.3 Å². The Hall–Kier alpha value is -1.80. The summed E-state index contributed by atoms with van der Waals surface area (Å²) in [5, 5.41) is 0. The van der Waals surface area contributed by atoms with Gasteiger partial charge in [-0.1, -0.05) is 55.8 Å². The van der Waals surface area contributed by atoms with Crippen molar-refractivity contribution < 1.29 is 0 Å². The molecule has 2 nitrogen and oxygen atoms in total. The minimum Gasteiger partial charge on any atom is -0.368 e. The van der Waals surface area contributed by atoms with E-state index in [1.807, 2.05) is 0 Å². The Morgan fingerprint density at radius 1 is 0.926 bits per heavy atom. The van der Waals surface area contributed by atoms with Crippen LogP contribution < -0.4 is 4.90 Å². The van der Waals surface area contributed by atoms with E-state index in [0.29, 0.717) is 6.04 Å². The minimum absolute atomic E-state index is 0.605. The topological polar surface area (TPSA) is 6.48 Å². The van der Waals surface area contributed by atoms with Crippen molar-refractivity contribution in [1.29, 1.82) is 0 Å². The molecule has 4 rings (SSSR count). The molecule has 0 saturated carbocycles. The Morgan fingerprint density at radius 3 is 2.33 bits per heavy atom. The number of fused-ring (bicyclic) bond motifs is 1. The number of hydrogen-bond acceptors (Lipinski definition) is 2. The highest BCUT2D eigenvalue weighted by Crippen LogP contribution is 2.30. The van der Waals surface area contributed by atoms with Gasteiger partial charge in [-0.05, 0) is 74.9 Å². The predicted molar refractivity (Wildman–Crippen MR) is 116 cm³/mol. The first kappa shape index (κ1) is 18.6. The van der Waals surface area contributed by atoms with Crippen LogP contribution in [0.5, 0.6) is 0 Å². The van der Waals surface area contributed by atoms with Gasteiger partial charge in [-0.3, -0.25) is 0 Å². The van der Waals surface area contributed by atoms with E-state index in [2.05, 4.69) is 71.3 Å². The molecule has 1 heterocycles. The Balaban J connectivity index is 1.48. The molecule has 27 heavy (non-hydrogen) atoms. The normalized spacial score (nSPS) is 20.6. The molecule has 1 aliphatic heterocycles. The molecule has 1 aliphatic carbocycles. The number of anilines is 1. The number of rotatable bonds is 7. The molecule has 0 amide bonds. The molecule has 0 unspecified atom stereocenters. The number of hydrogen-bond donors (Lipinski definition) is 0. The van der Waals surface area contributed by atoms with Crippen molar-refractivity contribution in [3.63, 3.8) is 0 Å². The molecule has 2 aliphatic rings. The molecule has 2 heteroatoms. The Morgan fingerprint density at radius 2 is 1.63 bits per heavy atom. The summed E-state index contributed by atoms with van der Waals surface area (Å²) >= 11 is 0. The molecule has 0 aromatic heterocycles. The van der Waals surface area contributed by atoms with Crippen molar-refractivity contribution in [1.82, 2.24) is 4.90 Å². The Bertz CT molecular complexity index is 684. The van der Waals surface area contributed by atoms with E-state index in [0.717, 1.165) is 6.04 Å². The number of benzene rings is 2. The highest BCUT2D eigenvalue weighted by Gasteiger charge is 2.28. The standard InChI is InChI=1S/C25H34N2/c1-2-16-26-17-9-8-12-23(26)15-18-27(24-13-4-3-5-14-24)25-19-21-10-6-7-11-22(21)20-25/h3-7,10-11,13-14,23,25H,2,8-9,12,15-20H2,1H3/t23-/m0/s1. The van der Waals surface area contributed by atoms with Crippen LogP contribution in [0.25, 0.3) is 0 Å². The van der Waals surface area contributed by atoms with Crippen molar-refractivity contribution in [2.75, 3.05) is 24.5 Å². The quantitative estimate of drug-likeness (QED) is 0.658. The second-order valence-corrected chi connectivity index (χ2v) is 8.33. The largest absolute Gasteiger partial charge is 0.368 e. The lowest BCUT2D eigenvalue weighted by molar-refractivity contribution is 0.141. The van der Waals surface area contributed by atoms with Crippen molar-refractivity contribution in [2.45, 2.75) is 64.0 Å². The van der Waals surface area contributed by atoms with Crippen LogP contribution in [0.3, 0.4) is 0 Å². The van der Waals surface area contributed by atoms with Crippen LogP contribution in [0.1, 0.15) is 50.2 Å². The van der Waals surface area contributed by atoms with Gasteiger partial charge in [0, 0.05) is 24.3 Å². The van der Waals surface area contributed by atoms with Crippen LogP contribution in [0.2, 0.25) is 0 Å². The maximum Gasteiger partial charge on any atom is 0.0370 e. The lowest BCUT2D eigenvalue weighted by atomic mass is 9.98. The fourth-order valence-electron chi connectivity index (χ4n) is 5.15. The first-order chi connectivity index (χ1) is 13.3. The van der Waals surface area contributed by atoms with Gasteiger partial charge in [-0.15, -0.1) is 0 Å². The van der Waals surface area contributed by atoms with Crippen LogP contribution >= 0.6 is 0 Å². The van der Waals surface area contributed by atoms with Crippen LogP contribution in [0.15, 0.2) is 54.6 Å². The third kappa shape index (κ3) is 4.38. The first-order valence-corrected chi connectivity index (χ1v) is 11.0. The zero-order valence-corrected chi connectivity index (χ0v) is 16.8. The molecule has 2 aromatic carbocycles. The summed E-state index contributed by atoms with van der Waals surface area (Å²) in [6.07, 6.45) is 9.12. The van der Waals surface area contributed by atoms with E-state index in [1.54, 1.807) is 11.1 Å². The highest BCUT2D eigenvalue weighted by molar-refractivity contribution is 5.49. The summed E-state index contributed by atoms with van der Waals surface area (Å²) in [5.41, 5.74) is 4.50. The third-order valence-corrected chi connectivity index (χ3v) is 6.52. The van der Waals surface area contributed by atoms with E-state index >= 15 is 0 Å². The zero-order chi connectivity index (χ0) is 18.5. The fourth-order valence-corrected chi connectivity index (χ4v) is 5.15. The average Bonchev–Trinajstić information content (AvgIpc) is 3.14. The van der Waals surface area contributed by atoms with Crippen LogP contribution in [0, 0.1) is 0 Å². The first-order valence-electron chi connectivity index (χ1n) is 11.0. The molecule has 0 spiro atoms. The van der Waals surface area contributed by atoms with Crippen molar-refractivity contribution in [3.8, 4) is 0 Å². The molecular formula is C25H34N2. The van der Waals surface area contributed by atoms with Crippen molar-refractivity contribution in [2.24, 2.45) is 0 Å². The number of nitrogens with zero attached hydrogens (tertiary/aromatic N) is 2. The van der Waals surface area contributed by atoms with Crippen molar-refractivity contribution >= 4 is 5.69 Å². The zero-order valence-electron chi connectivity index (χ0n) is 16.8. The fraction of sp³-hybridized carbons (Fsp3) is 0.520. The van der Waals surface area contributed by atoms with Gasteiger partial charge < -0.3 is 9.80 Å². The lowest BCUT2D eigenvalue weighted by Crippen LogP contribution is -2.44. The Kier molecular flexibility index (Phi) is 6.14. The summed E-state index contributed by atoms with van der Waals surface area (Å²) in [7, 11) is 0. The average molecular weight is 363 g/mol. The van der Waals surface area contributed by atoms with E-state index < -0.39 is 0 Å². The van der Waals surface area contributed by atoms with Gasteiger partial charge in [-0.25, -0.2) is 0 Å². The monoisotopic (exact) mass is 362 g/mol. The second kappa shape index (κ2) is 8.93. The van der Waals surface area contributed by atoms with Gasteiger partial charge in [0.15, 0.2) is 0 Å². The third-order valence-electron chi connectivity index (χ3n) is 6.52. The molecule has 0 bridgehead atoms. The maximum absolute atomic E-state index is 2.76. The smallest absolute Gasteiger partial charge is 0.0370 e. The van der Waals surface area contributed by atoms with Gasteiger partial charge in [0.1, 0.15) is 0 Å². The summed E-state index contributed by atoms with van der Waals surface area (Å²) in [5.74, 6) is 0. The van der Waals surface area contributed by atoms with Crippen LogP contribution in [-0.4, -0.2) is 36.6 Å².